The fourth-order valence-electron chi connectivity index (χ4n) is 13.3. The van der Waals surface area contributed by atoms with Gasteiger partial charge in [0, 0.05) is 61.5 Å². The standard InChI is InChI=1S/C21H29NO3.C18H25N3O3.C16H22N2O2.C16H20N2O2.C13H17NO2.C7H7NO2.C7H13NO2.C6H11Br.Al.Li.5H2S.4H/c1-4-7-8-9-10-14-19-18(13-11-15-22-19)20(23)16-17(12-5-2)21(24)25-6-3;1-21(24-2)18(23)16-12-8-6-4-3-5-7-11-15-14(17(22)20-16)10-9-13-19-15;2*19-12-13-8-5-3-1-2-4-6-10-15-14(16(20)18-13)9-7-11-17-15;1-2-3-4-5-6-9-12-11(13(15)16)8-7-10-14-12;1-5-6(7(9)10)3-2-4-8-5;1-3-5-6(8)7(9)10-4-2;1-2-3-4-5-6-7;;;;;;;;;;;/h4-5,11,13,15,17H,1-2,6-10,12,14,16H2,3H3;6,8-10,13,16H,3-5,7,11-12H2,1-2H3,(H,20,22);3,5,7,9,11,13,19H,1-2,4,6,8,10,12H2,(H,18,20);3,5,7,9,11-13H,1-2,4,6,8,10H2,(H,18,20);2,7-8,10H,1,3-6,9H2,(H,15,16);2-4H,1H3,(H,9,10);3,6H,1,4-5,8H2,2H3;2H,1,3-6H2;;;5*1H2;;;;/q;;;;;;;;;+1;;;;;;;;;-1/t17-;16-;2*13-;;;6-;;;;;;;;;;;;/m1000..0............/s1. The minimum absolute atomic E-state index is 0. The number of hydroxylamine groups is 2. The minimum atomic E-state index is -0.925. The Morgan fingerprint density at radius 1 is 0.518 bits per heavy atom. The summed E-state index contributed by atoms with van der Waals surface area (Å²) in [5, 5.41) is 37.6. The largest absolute Gasteiger partial charge is 1.00 e. The number of alkyl halides is 1. The van der Waals surface area contributed by atoms with E-state index in [0.717, 1.165) is 206 Å². The van der Waals surface area contributed by atoms with Crippen molar-refractivity contribution in [2.24, 2.45) is 11.7 Å². The number of esters is 2. The number of rotatable bonds is 33. The maximum atomic E-state index is 12.7. The molecule has 6 aromatic heterocycles. The quantitative estimate of drug-likeness (QED) is 0.00294. The Balaban J connectivity index is -0.000000293. The van der Waals surface area contributed by atoms with Crippen LogP contribution >= 0.6 is 83.4 Å². The number of allylic oxidation sites excluding steroid dienone is 7. The molecule has 35 heteroatoms. The van der Waals surface area contributed by atoms with Crippen molar-refractivity contribution in [3.63, 3.8) is 0 Å². The summed E-state index contributed by atoms with van der Waals surface area (Å²) in [4.78, 5) is 148. The summed E-state index contributed by atoms with van der Waals surface area (Å²) < 4.78 is 9.71. The van der Waals surface area contributed by atoms with Gasteiger partial charge in [-0.25, -0.2) is 14.7 Å². The summed E-state index contributed by atoms with van der Waals surface area (Å²) >= 11 is 3.35. The van der Waals surface area contributed by atoms with Crippen LogP contribution in [0.25, 0.3) is 0 Å². The average Bonchev–Trinajstić information content (AvgIpc) is 0.914. The number of carboxylic acids is 2. The van der Waals surface area contributed by atoms with Gasteiger partial charge in [0.1, 0.15) is 18.4 Å². The van der Waals surface area contributed by atoms with Crippen molar-refractivity contribution >= 4 is 160 Å². The molecule has 139 heavy (non-hydrogen) atoms. The van der Waals surface area contributed by atoms with E-state index in [1.807, 2.05) is 42.5 Å². The van der Waals surface area contributed by atoms with Crippen molar-refractivity contribution in [3.05, 3.63) is 277 Å². The molecule has 0 saturated carbocycles. The molecule has 0 bridgehead atoms. The molecular formula is C104H158AlBrLiN11O16S5. The molecule has 3 aliphatic rings. The van der Waals surface area contributed by atoms with E-state index in [-0.39, 0.29) is 171 Å². The summed E-state index contributed by atoms with van der Waals surface area (Å²) in [6.07, 6.45) is 63.7. The van der Waals surface area contributed by atoms with Gasteiger partial charge >= 0.3 is 42.7 Å². The molecular weight excluding hydrogens is 1930 g/mol. The number of aldehydes is 1. The monoisotopic (exact) mass is 2090 g/mol. The third kappa shape index (κ3) is 62.9. The number of carbonyl (C=O) groups excluding carboxylic acids is 8. The van der Waals surface area contributed by atoms with Crippen LogP contribution in [-0.2, 0) is 65.6 Å². The number of fused-ring (bicyclic) bond motifs is 3. The molecule has 27 nitrogen and oxygen atoms in total. The molecule has 5 atom stereocenters. The van der Waals surface area contributed by atoms with E-state index in [1.54, 1.807) is 131 Å². The number of likely N-dealkylation sites (N-methyl/N-ethyl adjacent to an activating group) is 1. The van der Waals surface area contributed by atoms with Crippen LogP contribution in [0.3, 0.4) is 0 Å². The number of pyridine rings is 6. The molecule has 0 saturated heterocycles. The van der Waals surface area contributed by atoms with Crippen molar-refractivity contribution in [3.8, 4) is 0 Å². The zero-order valence-corrected chi connectivity index (χ0v) is 88.4. The number of Topliss-reactive ketones (excluding diaryl/α,β-unsaturated/α-hetero) is 1. The molecule has 0 unspecified atom stereocenters. The van der Waals surface area contributed by atoms with Crippen LogP contribution in [-0.4, -0.2) is 191 Å². The van der Waals surface area contributed by atoms with Gasteiger partial charge in [0.05, 0.1) is 107 Å². The van der Waals surface area contributed by atoms with E-state index in [9.17, 15) is 53.1 Å². The number of carboxylic acid groups (broad SMARTS) is 2. The van der Waals surface area contributed by atoms with Crippen molar-refractivity contribution in [1.82, 2.24) is 50.9 Å². The number of nitrogens with two attached hydrogens (primary N) is 1. The molecule has 6 aromatic rings. The van der Waals surface area contributed by atoms with Crippen LogP contribution in [0.4, 0.5) is 0 Å². The number of amides is 4. The number of nitrogens with one attached hydrogen (secondary N) is 3. The molecule has 9 heterocycles. The van der Waals surface area contributed by atoms with Gasteiger partial charge < -0.3 is 52.7 Å². The number of aliphatic hydroxyl groups excluding tert-OH is 1. The smallest absolute Gasteiger partial charge is 1.00 e. The van der Waals surface area contributed by atoms with Gasteiger partial charge in [-0.2, -0.15) is 67.5 Å². The summed E-state index contributed by atoms with van der Waals surface area (Å²) in [6, 6.07) is 18.7. The molecule has 0 spiro atoms. The maximum absolute atomic E-state index is 12.7. The van der Waals surface area contributed by atoms with Crippen molar-refractivity contribution in [2.75, 3.05) is 39.3 Å². The fourth-order valence-corrected chi connectivity index (χ4v) is 13.7. The van der Waals surface area contributed by atoms with Crippen molar-refractivity contribution < 1.29 is 97.9 Å². The first-order valence-electron chi connectivity index (χ1n) is 46.0. The van der Waals surface area contributed by atoms with E-state index in [1.165, 1.54) is 33.1 Å². The van der Waals surface area contributed by atoms with Crippen molar-refractivity contribution in [2.45, 2.75) is 263 Å². The second-order valence-electron chi connectivity index (χ2n) is 31.0. The number of ketones is 1. The van der Waals surface area contributed by atoms with E-state index >= 15 is 0 Å². The number of unbranched alkanes of at least 4 members (excludes halogenated alkanes) is 8. The van der Waals surface area contributed by atoms with E-state index in [4.69, 9.17) is 25.5 Å². The Labute approximate surface area is 893 Å². The van der Waals surface area contributed by atoms with Crippen LogP contribution < -0.4 is 40.5 Å². The normalized spacial score (nSPS) is 14.6. The Morgan fingerprint density at radius 3 is 1.34 bits per heavy atom. The Hall–Kier alpha value is -8.84. The molecule has 0 aromatic carbocycles. The van der Waals surface area contributed by atoms with Gasteiger partial charge in [-0.1, -0.05) is 115 Å². The third-order valence-corrected chi connectivity index (χ3v) is 21.2. The molecule has 0 fully saturated rings. The molecule has 766 valence electrons. The second kappa shape index (κ2) is 91.6. The van der Waals surface area contributed by atoms with Crippen LogP contribution in [0.5, 0.6) is 0 Å². The van der Waals surface area contributed by atoms with Crippen molar-refractivity contribution in [1.29, 1.82) is 0 Å². The first-order valence-corrected chi connectivity index (χ1v) is 47.2. The molecule has 0 radical (unpaired) electrons. The number of ether oxygens (including phenoxy) is 2. The van der Waals surface area contributed by atoms with E-state index < -0.39 is 36.0 Å². The van der Waals surface area contributed by atoms with Crippen LogP contribution in [0, 0.1) is 12.8 Å². The number of hydrogen-bond acceptors (Lipinski definition) is 21. The number of carbonyl (C=O) groups is 10. The van der Waals surface area contributed by atoms with Gasteiger partial charge in [0.2, 0.25) is 0 Å². The number of halogens is 1. The van der Waals surface area contributed by atoms with Gasteiger partial charge in [-0.15, -0.1) is 32.9 Å². The summed E-state index contributed by atoms with van der Waals surface area (Å²) in [7, 11) is 2.96. The predicted octanol–water partition coefficient (Wildman–Crippen LogP) is 15.5. The van der Waals surface area contributed by atoms with Gasteiger partial charge in [-0.05, 0) is 273 Å². The topological polar surface area (TPSA) is 402 Å². The van der Waals surface area contributed by atoms with E-state index in [0.29, 0.717) is 84.5 Å². The number of hydrogen-bond donors (Lipinski definition) is 7. The number of aromatic nitrogens is 6. The minimum Gasteiger partial charge on any atom is -1.00 e. The zero-order valence-electron chi connectivity index (χ0n) is 82.8. The Morgan fingerprint density at radius 2 is 0.921 bits per heavy atom. The number of aryl methyl sites for hydroxylation is 6. The SMILES string of the molecule is C=CCCCCBr.C=CCCCCCc1ncccc1C(=O)C[C@@H](CC=C)C(=O)OCC.C=CCCCCCc1ncccc1C(=O)O.C=CC[C@H](N)C(=O)OCC.CON(C)C(=O)[C@@H]1CC=CCCCCCc2ncccc2C(=O)N1.Cc1ncccc1C(=O)O.O=C1N[C@H](CO)CC=CCCCCCc2ncccc21.O=C[C@@H]1CC=CCCCCCc2ncccc2C(=O)N1.S.S.S.S.S.[AlH3].[H-].[Li+]. The Kier molecular flexibility index (Phi) is 92.9. The molecule has 9 rings (SSSR count). The van der Waals surface area contributed by atoms with Crippen LogP contribution in [0.1, 0.15) is 298 Å². The van der Waals surface area contributed by atoms with Gasteiger partial charge in [0.25, 0.3) is 23.6 Å². The summed E-state index contributed by atoms with van der Waals surface area (Å²) in [5.74, 6) is -3.96. The second-order valence-corrected chi connectivity index (χ2v) is 31.8. The average molecular weight is 2090 g/mol. The number of nitrogens with zero attached hydrogens (tertiary/aromatic N) is 7. The Bertz CT molecular complexity index is 4570. The maximum Gasteiger partial charge on any atom is 1.00 e. The third-order valence-electron chi connectivity index (χ3n) is 20.7. The molecule has 8 N–H and O–H groups in total. The van der Waals surface area contributed by atoms with Crippen LogP contribution in [0.2, 0.25) is 0 Å². The molecule has 3 aliphatic heterocycles. The van der Waals surface area contributed by atoms with Crippen LogP contribution in [0.15, 0.2) is 210 Å². The predicted molar refractivity (Wildman–Crippen MR) is 587 cm³/mol. The number of aromatic carboxylic acids is 2. The first kappa shape index (κ1) is 141. The zero-order chi connectivity index (χ0) is 97.2. The first-order chi connectivity index (χ1) is 64.0. The summed E-state index contributed by atoms with van der Waals surface area (Å²) in [6.45, 7) is 23.9. The number of aliphatic hydroxyl groups is 1. The molecule has 4 amide bonds. The molecule has 0 aliphatic carbocycles. The van der Waals surface area contributed by atoms with E-state index in [2.05, 4.69) is 118 Å². The van der Waals surface area contributed by atoms with Gasteiger partial charge in [-0.3, -0.25) is 68.3 Å². The fraction of sp³-hybridized carbons (Fsp3) is 0.462. The van der Waals surface area contributed by atoms with Gasteiger partial charge in [0.15, 0.2) is 23.1 Å². The summed E-state index contributed by atoms with van der Waals surface area (Å²) in [5.41, 5.74) is 12.8.